The molecule has 0 heterocycles. The molecule has 1 aliphatic carbocycles. The number of carbonyl (C=O) groups excluding carboxylic acids is 1. The molecule has 3 rings (SSSR count). The molecule has 28 heavy (non-hydrogen) atoms. The average Bonchev–Trinajstić information content (AvgIpc) is 3.45. The Morgan fingerprint density at radius 3 is 2.11 bits per heavy atom. The fourth-order valence-corrected chi connectivity index (χ4v) is 3.01. The smallest absolute Gasteiger partial charge is 0.454 e. The van der Waals surface area contributed by atoms with Gasteiger partial charge in [0, 0.05) is 12.6 Å². The Balaban J connectivity index is 1.83. The molecule has 2 aromatic rings. The van der Waals surface area contributed by atoms with Crippen molar-refractivity contribution in [1.29, 1.82) is 0 Å². The molecule has 0 atom stereocenters. The van der Waals surface area contributed by atoms with E-state index in [2.05, 4.69) is 5.32 Å². The van der Waals surface area contributed by atoms with Crippen LogP contribution in [0.4, 0.5) is 26.3 Å². The summed E-state index contributed by atoms with van der Waals surface area (Å²) in [6, 6.07) is 8.36. The van der Waals surface area contributed by atoms with E-state index >= 15 is 0 Å². The number of rotatable bonds is 5. The summed E-state index contributed by atoms with van der Waals surface area (Å²) in [6.07, 6.45) is -6.50. The largest absolute Gasteiger partial charge is 0.454 e. The van der Waals surface area contributed by atoms with Crippen LogP contribution >= 0.6 is 0 Å². The fourth-order valence-electron chi connectivity index (χ4n) is 3.01. The van der Waals surface area contributed by atoms with E-state index < -0.39 is 28.9 Å². The minimum absolute atomic E-state index is 0.168. The van der Waals surface area contributed by atoms with Crippen molar-refractivity contribution in [2.45, 2.75) is 30.4 Å². The zero-order valence-corrected chi connectivity index (χ0v) is 14.5. The number of benzene rings is 2. The molecule has 0 aliphatic heterocycles. The summed E-state index contributed by atoms with van der Waals surface area (Å²) in [7, 11) is 1.46. The summed E-state index contributed by atoms with van der Waals surface area (Å²) >= 11 is 0. The van der Waals surface area contributed by atoms with Gasteiger partial charge in [-0.05, 0) is 54.8 Å². The quantitative estimate of drug-likeness (QED) is 0.697. The molecule has 9 heteroatoms. The van der Waals surface area contributed by atoms with Gasteiger partial charge < -0.3 is 10.1 Å². The van der Waals surface area contributed by atoms with E-state index in [4.69, 9.17) is 4.74 Å². The molecule has 0 unspecified atom stereocenters. The Labute approximate surface area is 156 Å². The molecule has 0 radical (unpaired) electrons. The molecule has 0 bridgehead atoms. The maximum atomic E-state index is 14.3. The fraction of sp³-hybridized carbons (Fsp3) is 0.316. The van der Waals surface area contributed by atoms with Gasteiger partial charge in [0.1, 0.15) is 5.75 Å². The summed E-state index contributed by atoms with van der Waals surface area (Å²) in [4.78, 5) is 11.5. The molecular weight excluding hydrogens is 388 g/mol. The van der Waals surface area contributed by atoms with E-state index in [0.29, 0.717) is 11.6 Å². The molecule has 0 saturated heterocycles. The Hall–Kier alpha value is -2.71. The molecule has 3 nitrogen and oxygen atoms in total. The molecule has 1 amide bonds. The van der Waals surface area contributed by atoms with E-state index in [1.807, 2.05) is 0 Å². The predicted molar refractivity (Wildman–Crippen MR) is 88.2 cm³/mol. The van der Waals surface area contributed by atoms with Crippen molar-refractivity contribution in [2.24, 2.45) is 0 Å². The van der Waals surface area contributed by atoms with Crippen LogP contribution in [0.1, 0.15) is 28.8 Å². The Kier molecular flexibility index (Phi) is 4.81. The van der Waals surface area contributed by atoms with Crippen molar-refractivity contribution < 1.29 is 35.9 Å². The SMILES string of the molecule is CNC(=O)c1ccc(Oc2ccc(C3(C(F)(F)C(F)(F)F)CC3)cc2F)cc1. The van der Waals surface area contributed by atoms with Crippen molar-refractivity contribution in [3.8, 4) is 11.5 Å². The lowest BCUT2D eigenvalue weighted by atomic mass is 9.88. The highest BCUT2D eigenvalue weighted by Crippen LogP contribution is 2.63. The van der Waals surface area contributed by atoms with Gasteiger partial charge in [0.2, 0.25) is 0 Å². The van der Waals surface area contributed by atoms with E-state index in [9.17, 15) is 31.1 Å². The predicted octanol–water partition coefficient (Wildman–Crippen LogP) is 5.21. The van der Waals surface area contributed by atoms with Crippen LogP contribution in [0.25, 0.3) is 0 Å². The molecule has 1 N–H and O–H groups in total. The Morgan fingerprint density at radius 1 is 1.04 bits per heavy atom. The summed E-state index contributed by atoms with van der Waals surface area (Å²) in [5.41, 5.74) is -2.52. The van der Waals surface area contributed by atoms with Crippen molar-refractivity contribution >= 4 is 5.91 Å². The molecular formula is C19H15F6NO2. The van der Waals surface area contributed by atoms with Crippen LogP contribution in [0, 0.1) is 5.82 Å². The van der Waals surface area contributed by atoms with Crippen molar-refractivity contribution in [2.75, 3.05) is 7.05 Å². The maximum absolute atomic E-state index is 14.3. The van der Waals surface area contributed by atoms with Gasteiger partial charge in [0.05, 0.1) is 5.41 Å². The number of halogens is 6. The number of alkyl halides is 5. The summed E-state index contributed by atoms with van der Waals surface area (Å²) in [6.45, 7) is 0. The van der Waals surface area contributed by atoms with E-state index in [1.165, 1.54) is 31.3 Å². The number of ether oxygens (including phenoxy) is 1. The highest BCUT2D eigenvalue weighted by molar-refractivity contribution is 5.94. The summed E-state index contributed by atoms with van der Waals surface area (Å²) in [5.74, 6) is -6.51. The van der Waals surface area contributed by atoms with Crippen LogP contribution in [-0.4, -0.2) is 25.1 Å². The topological polar surface area (TPSA) is 38.3 Å². The number of hydrogen-bond donors (Lipinski definition) is 1. The van der Waals surface area contributed by atoms with Crippen LogP contribution < -0.4 is 10.1 Å². The van der Waals surface area contributed by atoms with Crippen LogP contribution in [0.3, 0.4) is 0 Å². The number of nitrogens with one attached hydrogen (secondary N) is 1. The number of hydrogen-bond acceptors (Lipinski definition) is 2. The summed E-state index contributed by atoms with van der Waals surface area (Å²) < 4.78 is 85.6. The highest BCUT2D eigenvalue weighted by atomic mass is 19.4. The standard InChI is InChI=1S/C19H15F6NO2/c1-26-16(27)11-2-5-13(6-3-11)28-15-7-4-12(10-14(15)20)17(8-9-17)18(21,22)19(23,24)25/h2-7,10H,8-9H2,1H3,(H,26,27). The molecule has 1 saturated carbocycles. The number of amides is 1. The van der Waals surface area contributed by atoms with E-state index in [1.54, 1.807) is 0 Å². The van der Waals surface area contributed by atoms with Gasteiger partial charge in [-0.2, -0.15) is 22.0 Å². The van der Waals surface area contributed by atoms with Crippen LogP contribution in [0.2, 0.25) is 0 Å². The van der Waals surface area contributed by atoms with E-state index in [-0.39, 0.29) is 30.2 Å². The first kappa shape index (κ1) is 20.0. The normalized spacial score (nSPS) is 15.8. The summed E-state index contributed by atoms with van der Waals surface area (Å²) in [5, 5.41) is 2.43. The lowest BCUT2D eigenvalue weighted by Crippen LogP contribution is -2.47. The second-order valence-electron chi connectivity index (χ2n) is 6.51. The monoisotopic (exact) mass is 403 g/mol. The molecule has 0 aromatic heterocycles. The molecule has 0 spiro atoms. The molecule has 1 aliphatic rings. The van der Waals surface area contributed by atoms with Gasteiger partial charge in [-0.3, -0.25) is 4.79 Å². The minimum Gasteiger partial charge on any atom is -0.454 e. The Bertz CT molecular complexity index is 888. The van der Waals surface area contributed by atoms with Crippen LogP contribution in [0.15, 0.2) is 42.5 Å². The molecule has 2 aromatic carbocycles. The lowest BCUT2D eigenvalue weighted by molar-refractivity contribution is -0.296. The third-order valence-electron chi connectivity index (χ3n) is 4.76. The maximum Gasteiger partial charge on any atom is 0.454 e. The first-order valence-electron chi connectivity index (χ1n) is 8.26. The first-order valence-corrected chi connectivity index (χ1v) is 8.26. The third-order valence-corrected chi connectivity index (χ3v) is 4.76. The lowest BCUT2D eigenvalue weighted by Gasteiger charge is -2.29. The van der Waals surface area contributed by atoms with Gasteiger partial charge in [-0.1, -0.05) is 6.07 Å². The van der Waals surface area contributed by atoms with Gasteiger partial charge in [-0.25, -0.2) is 4.39 Å². The second-order valence-corrected chi connectivity index (χ2v) is 6.51. The van der Waals surface area contributed by atoms with Gasteiger partial charge in [0.15, 0.2) is 11.6 Å². The Morgan fingerprint density at radius 2 is 1.64 bits per heavy atom. The zero-order chi connectivity index (χ0) is 20.7. The molecule has 150 valence electrons. The second kappa shape index (κ2) is 6.72. The van der Waals surface area contributed by atoms with Crippen molar-refractivity contribution in [3.63, 3.8) is 0 Å². The minimum atomic E-state index is -5.72. The van der Waals surface area contributed by atoms with E-state index in [0.717, 1.165) is 12.1 Å². The van der Waals surface area contributed by atoms with Gasteiger partial charge in [-0.15, -0.1) is 0 Å². The third kappa shape index (κ3) is 3.29. The average molecular weight is 403 g/mol. The van der Waals surface area contributed by atoms with Crippen LogP contribution in [-0.2, 0) is 5.41 Å². The van der Waals surface area contributed by atoms with Crippen molar-refractivity contribution in [3.05, 3.63) is 59.4 Å². The first-order chi connectivity index (χ1) is 13.0. The molecule has 1 fully saturated rings. The van der Waals surface area contributed by atoms with Gasteiger partial charge in [0.25, 0.3) is 5.91 Å². The van der Waals surface area contributed by atoms with Crippen molar-refractivity contribution in [1.82, 2.24) is 5.32 Å². The zero-order valence-electron chi connectivity index (χ0n) is 14.5. The van der Waals surface area contributed by atoms with Gasteiger partial charge >= 0.3 is 12.1 Å². The highest BCUT2D eigenvalue weighted by Gasteiger charge is 2.75. The number of carbonyl (C=O) groups is 1. The van der Waals surface area contributed by atoms with Crippen LogP contribution in [0.5, 0.6) is 11.5 Å².